The van der Waals surface area contributed by atoms with E-state index in [0.717, 1.165) is 84.9 Å². The molecule has 4 heterocycles. The van der Waals surface area contributed by atoms with E-state index in [0.29, 0.717) is 11.3 Å². The number of piperidine rings is 1. The normalized spacial score (nSPS) is 16.9. The maximum absolute atomic E-state index is 12.9. The molecule has 0 amide bonds. The molecule has 8 heteroatoms. The molecular weight excluding hydrogens is 586 g/mol. The highest BCUT2D eigenvalue weighted by atomic mass is 16.5. The smallest absolute Gasteiger partial charge is 0.337 e. The Balaban J connectivity index is 1.42. The summed E-state index contributed by atoms with van der Waals surface area (Å²) < 4.78 is 6.27. The van der Waals surface area contributed by atoms with Gasteiger partial charge in [-0.2, -0.15) is 0 Å². The molecule has 246 valence electrons. The van der Waals surface area contributed by atoms with Gasteiger partial charge in [0.05, 0.1) is 11.3 Å². The molecule has 0 spiro atoms. The number of nitrogens with zero attached hydrogens (tertiary/aromatic N) is 5. The summed E-state index contributed by atoms with van der Waals surface area (Å²) in [5, 5.41) is 10.5. The Morgan fingerprint density at radius 1 is 0.936 bits per heavy atom. The zero-order valence-corrected chi connectivity index (χ0v) is 28.8. The molecule has 1 fully saturated rings. The number of carbonyl (C=O) groups is 1. The number of aryl methyl sites for hydroxylation is 2. The van der Waals surface area contributed by atoms with Gasteiger partial charge in [-0.15, -0.1) is 0 Å². The van der Waals surface area contributed by atoms with Gasteiger partial charge in [-0.25, -0.2) is 14.8 Å². The zero-order valence-electron chi connectivity index (χ0n) is 28.8. The van der Waals surface area contributed by atoms with Crippen LogP contribution in [0.5, 0.6) is 0 Å². The van der Waals surface area contributed by atoms with Gasteiger partial charge in [0.15, 0.2) is 6.10 Å². The van der Waals surface area contributed by atoms with Crippen LogP contribution in [0.2, 0.25) is 0 Å². The highest BCUT2D eigenvalue weighted by Gasteiger charge is 2.36. The van der Waals surface area contributed by atoms with Crippen molar-refractivity contribution in [1.82, 2.24) is 15.0 Å². The lowest BCUT2D eigenvalue weighted by Gasteiger charge is -2.41. The number of hydrogen-bond donors (Lipinski definition) is 1. The Labute approximate surface area is 278 Å². The number of rotatable bonds is 7. The summed E-state index contributed by atoms with van der Waals surface area (Å²) in [4.78, 5) is 31.6. The number of carboxylic acid groups (broad SMARTS) is 1. The average Bonchev–Trinajstić information content (AvgIpc) is 3.03. The summed E-state index contributed by atoms with van der Waals surface area (Å²) in [6.07, 6.45) is 5.31. The number of carboxylic acids is 1. The number of pyridine rings is 1. The number of hydrogen-bond acceptors (Lipinski definition) is 7. The van der Waals surface area contributed by atoms with Crippen molar-refractivity contribution in [3.8, 4) is 22.3 Å². The Bertz CT molecular complexity index is 1770. The summed E-state index contributed by atoms with van der Waals surface area (Å²) in [5.74, 6) is -0.0543. The molecule has 2 aromatic heterocycles. The summed E-state index contributed by atoms with van der Waals surface area (Å²) in [6.45, 7) is 17.6. The number of fused-ring (bicyclic) bond motifs is 1. The molecule has 1 atom stereocenters. The standard InChI is InChI=1S/C39H47N5O3/c1-25-32(34(43-19-16-39(6,7)17-20-43)33(26(2)42-25)35(37(45)46)47-38(3,4)5)29-13-14-30-23-44(18-15-28(30)21-29)36-31(22-40-24-41-36)27-11-9-8-10-12-27/h8-14,21-22,24,35H,15-20,23H2,1-7H3,(H,45,46)/t35-/m0/s1. The topological polar surface area (TPSA) is 91.7 Å². The monoisotopic (exact) mass is 633 g/mol. The molecule has 2 aliphatic heterocycles. The van der Waals surface area contributed by atoms with Gasteiger partial charge in [-0.05, 0) is 81.5 Å². The molecule has 0 radical (unpaired) electrons. The van der Waals surface area contributed by atoms with Crippen molar-refractivity contribution in [3.05, 3.63) is 89.1 Å². The lowest BCUT2D eigenvalue weighted by Crippen LogP contribution is -2.39. The maximum Gasteiger partial charge on any atom is 0.337 e. The van der Waals surface area contributed by atoms with E-state index in [2.05, 4.69) is 59.0 Å². The predicted molar refractivity (Wildman–Crippen MR) is 188 cm³/mol. The van der Waals surface area contributed by atoms with Crippen LogP contribution in [-0.4, -0.2) is 51.3 Å². The average molecular weight is 634 g/mol. The molecule has 8 nitrogen and oxygen atoms in total. The minimum atomic E-state index is -1.13. The SMILES string of the molecule is Cc1nc(C)c([C@H](OC(C)(C)C)C(=O)O)c(N2CCC(C)(C)CC2)c1-c1ccc2c(c1)CCN(c1ncncc1-c1ccccc1)C2. The Hall–Kier alpha value is -4.30. The van der Waals surface area contributed by atoms with Gasteiger partial charge in [-0.1, -0.05) is 62.4 Å². The summed E-state index contributed by atoms with van der Waals surface area (Å²) >= 11 is 0. The lowest BCUT2D eigenvalue weighted by atomic mass is 9.81. The zero-order chi connectivity index (χ0) is 33.5. The second kappa shape index (κ2) is 12.7. The van der Waals surface area contributed by atoms with Gasteiger partial charge in [0, 0.05) is 60.5 Å². The van der Waals surface area contributed by atoms with Crippen molar-refractivity contribution < 1.29 is 14.6 Å². The quantitative estimate of drug-likeness (QED) is 0.219. The van der Waals surface area contributed by atoms with Crippen LogP contribution in [0.25, 0.3) is 22.3 Å². The van der Waals surface area contributed by atoms with E-state index in [9.17, 15) is 9.90 Å². The third kappa shape index (κ3) is 6.89. The first kappa shape index (κ1) is 32.6. The minimum Gasteiger partial charge on any atom is -0.479 e. The summed E-state index contributed by atoms with van der Waals surface area (Å²) in [7, 11) is 0. The van der Waals surface area contributed by atoms with Crippen LogP contribution < -0.4 is 9.80 Å². The van der Waals surface area contributed by atoms with Crippen molar-refractivity contribution in [2.75, 3.05) is 29.4 Å². The number of benzene rings is 2. The Morgan fingerprint density at radius 3 is 2.34 bits per heavy atom. The maximum atomic E-state index is 12.9. The lowest BCUT2D eigenvalue weighted by molar-refractivity contribution is -0.160. The van der Waals surface area contributed by atoms with Crippen LogP contribution in [0.3, 0.4) is 0 Å². The van der Waals surface area contributed by atoms with E-state index < -0.39 is 17.7 Å². The van der Waals surface area contributed by atoms with Crippen LogP contribution in [0, 0.1) is 19.3 Å². The first-order valence-electron chi connectivity index (χ1n) is 16.7. The largest absolute Gasteiger partial charge is 0.479 e. The number of ether oxygens (including phenoxy) is 1. The van der Waals surface area contributed by atoms with E-state index >= 15 is 0 Å². The molecule has 0 bridgehead atoms. The highest BCUT2D eigenvalue weighted by molar-refractivity contribution is 5.88. The van der Waals surface area contributed by atoms with Gasteiger partial charge in [-0.3, -0.25) is 4.98 Å². The molecule has 1 N–H and O–H groups in total. The van der Waals surface area contributed by atoms with Crippen molar-refractivity contribution in [1.29, 1.82) is 0 Å². The number of aliphatic carboxylic acids is 1. The first-order valence-corrected chi connectivity index (χ1v) is 16.7. The molecule has 47 heavy (non-hydrogen) atoms. The number of aromatic nitrogens is 3. The Kier molecular flexibility index (Phi) is 8.83. The molecule has 0 saturated carbocycles. The fourth-order valence-corrected chi connectivity index (χ4v) is 7.04. The molecule has 6 rings (SSSR count). The van der Waals surface area contributed by atoms with E-state index in [1.54, 1.807) is 6.33 Å². The van der Waals surface area contributed by atoms with E-state index in [-0.39, 0.29) is 5.41 Å². The van der Waals surface area contributed by atoms with Gasteiger partial charge in [0.1, 0.15) is 12.1 Å². The van der Waals surface area contributed by atoms with Crippen molar-refractivity contribution in [3.63, 3.8) is 0 Å². The molecule has 0 unspecified atom stereocenters. The molecule has 0 aliphatic carbocycles. The van der Waals surface area contributed by atoms with Gasteiger partial charge in [0.2, 0.25) is 0 Å². The summed E-state index contributed by atoms with van der Waals surface area (Å²) in [6, 6.07) is 17.0. The second-order valence-corrected chi connectivity index (χ2v) is 14.8. The fourth-order valence-electron chi connectivity index (χ4n) is 7.04. The fraction of sp³-hybridized carbons (Fsp3) is 0.436. The van der Waals surface area contributed by atoms with E-state index in [4.69, 9.17) is 14.7 Å². The van der Waals surface area contributed by atoms with Gasteiger partial charge in [0.25, 0.3) is 0 Å². The molecule has 4 aromatic rings. The van der Waals surface area contributed by atoms with E-state index in [1.165, 1.54) is 11.1 Å². The van der Waals surface area contributed by atoms with Crippen LogP contribution in [0.4, 0.5) is 11.5 Å². The molecule has 2 aliphatic rings. The van der Waals surface area contributed by atoms with Crippen LogP contribution >= 0.6 is 0 Å². The van der Waals surface area contributed by atoms with Crippen molar-refractivity contribution >= 4 is 17.5 Å². The van der Waals surface area contributed by atoms with Crippen molar-refractivity contribution in [2.45, 2.75) is 86.0 Å². The summed E-state index contributed by atoms with van der Waals surface area (Å²) in [5.41, 5.74) is 9.56. The molecular formula is C39H47N5O3. The van der Waals surface area contributed by atoms with Crippen LogP contribution in [0.1, 0.15) is 81.6 Å². The highest BCUT2D eigenvalue weighted by Crippen LogP contribution is 2.45. The van der Waals surface area contributed by atoms with Crippen molar-refractivity contribution in [2.24, 2.45) is 5.41 Å². The Morgan fingerprint density at radius 2 is 1.66 bits per heavy atom. The number of anilines is 2. The first-order chi connectivity index (χ1) is 22.3. The van der Waals surface area contributed by atoms with Crippen LogP contribution in [0.15, 0.2) is 61.1 Å². The second-order valence-electron chi connectivity index (χ2n) is 14.8. The van der Waals surface area contributed by atoms with Gasteiger partial charge >= 0.3 is 5.97 Å². The third-order valence-electron chi connectivity index (χ3n) is 9.55. The van der Waals surface area contributed by atoms with E-state index in [1.807, 2.05) is 59.0 Å². The van der Waals surface area contributed by atoms with Crippen LogP contribution in [-0.2, 0) is 22.5 Å². The molecule has 1 saturated heterocycles. The minimum absolute atomic E-state index is 0.240. The predicted octanol–water partition coefficient (Wildman–Crippen LogP) is 7.95. The third-order valence-corrected chi connectivity index (χ3v) is 9.55. The molecule has 2 aromatic carbocycles. The van der Waals surface area contributed by atoms with Gasteiger partial charge < -0.3 is 19.6 Å².